The number of aromatic nitrogens is 3. The van der Waals surface area contributed by atoms with E-state index in [1.54, 1.807) is 19.4 Å². The number of anilines is 1. The fourth-order valence-corrected chi connectivity index (χ4v) is 3.75. The van der Waals surface area contributed by atoms with Crippen molar-refractivity contribution in [1.29, 1.82) is 0 Å². The van der Waals surface area contributed by atoms with Gasteiger partial charge in [0, 0.05) is 31.4 Å². The summed E-state index contributed by atoms with van der Waals surface area (Å²) in [6, 6.07) is 3.00. The van der Waals surface area contributed by atoms with Gasteiger partial charge >= 0.3 is 0 Å². The number of piperidine rings is 1. The lowest BCUT2D eigenvalue weighted by atomic mass is 10.0. The van der Waals surface area contributed by atoms with Crippen molar-refractivity contribution in [3.8, 4) is 0 Å². The number of rotatable bonds is 4. The first-order valence-electron chi connectivity index (χ1n) is 8.91. The van der Waals surface area contributed by atoms with Crippen LogP contribution in [0.5, 0.6) is 0 Å². The minimum absolute atomic E-state index is 0.0368. The van der Waals surface area contributed by atoms with Gasteiger partial charge in [-0.2, -0.15) is 0 Å². The molecule has 0 aromatic carbocycles. The van der Waals surface area contributed by atoms with Crippen LogP contribution < -0.4 is 4.90 Å². The van der Waals surface area contributed by atoms with Crippen molar-refractivity contribution in [3.63, 3.8) is 0 Å². The molecular weight excluding hydrogens is 318 g/mol. The van der Waals surface area contributed by atoms with E-state index in [2.05, 4.69) is 20.0 Å². The van der Waals surface area contributed by atoms with E-state index >= 15 is 0 Å². The largest absolute Gasteiger partial charge is 0.361 e. The third-order valence-corrected chi connectivity index (χ3v) is 5.16. The van der Waals surface area contributed by atoms with Crippen LogP contribution >= 0.6 is 0 Å². The Morgan fingerprint density at radius 2 is 1.92 bits per heavy atom. The van der Waals surface area contributed by atoms with E-state index in [1.807, 2.05) is 17.9 Å². The lowest BCUT2D eigenvalue weighted by Gasteiger charge is -2.39. The predicted octanol–water partition coefficient (Wildman–Crippen LogP) is 2.36. The van der Waals surface area contributed by atoms with E-state index < -0.39 is 0 Å². The lowest BCUT2D eigenvalue weighted by molar-refractivity contribution is 0.0709. The minimum atomic E-state index is 0.0368. The van der Waals surface area contributed by atoms with E-state index in [0.29, 0.717) is 29.1 Å². The third kappa shape index (κ3) is 3.10. The molecule has 2 aromatic rings. The number of aryl methyl sites for hydroxylation is 2. The van der Waals surface area contributed by atoms with Crippen molar-refractivity contribution in [1.82, 2.24) is 20.0 Å². The summed E-state index contributed by atoms with van der Waals surface area (Å²) in [5.41, 5.74) is 1.29. The summed E-state index contributed by atoms with van der Waals surface area (Å²) in [6.07, 6.45) is 7.77. The van der Waals surface area contributed by atoms with E-state index in [-0.39, 0.29) is 5.91 Å². The number of carbonyl (C=O) groups excluding carboxylic acids is 1. The molecule has 0 atom stereocenters. The summed E-state index contributed by atoms with van der Waals surface area (Å²) in [4.78, 5) is 25.6. The summed E-state index contributed by atoms with van der Waals surface area (Å²) in [7, 11) is 0. The number of nitrogens with zero attached hydrogens (tertiary/aromatic N) is 5. The summed E-state index contributed by atoms with van der Waals surface area (Å²) >= 11 is 0. The second-order valence-electron chi connectivity index (χ2n) is 6.93. The normalized spacial score (nSPS) is 18.4. The van der Waals surface area contributed by atoms with E-state index in [9.17, 15) is 4.79 Å². The molecule has 132 valence electrons. The molecule has 7 heteroatoms. The van der Waals surface area contributed by atoms with Gasteiger partial charge in [0.25, 0.3) is 5.91 Å². The van der Waals surface area contributed by atoms with Crippen LogP contribution in [0, 0.1) is 13.8 Å². The van der Waals surface area contributed by atoms with Crippen LogP contribution in [-0.2, 0) is 0 Å². The Hall–Kier alpha value is -2.44. The summed E-state index contributed by atoms with van der Waals surface area (Å²) in [6.45, 7) is 5.12. The van der Waals surface area contributed by atoms with E-state index in [1.165, 1.54) is 12.8 Å². The maximum Gasteiger partial charge on any atom is 0.259 e. The molecule has 1 saturated heterocycles. The molecule has 0 unspecified atom stereocenters. The fourth-order valence-electron chi connectivity index (χ4n) is 3.75. The molecule has 1 amide bonds. The van der Waals surface area contributed by atoms with Gasteiger partial charge in [-0.15, -0.1) is 0 Å². The molecule has 1 aliphatic carbocycles. The van der Waals surface area contributed by atoms with Gasteiger partial charge in [0.1, 0.15) is 23.5 Å². The van der Waals surface area contributed by atoms with Gasteiger partial charge in [-0.1, -0.05) is 5.16 Å². The minimum Gasteiger partial charge on any atom is -0.361 e. The standard InChI is InChI=1S/C18H23N5O2/c1-12-17(13(2)25-21-12)18(24)22-9-6-15(7-10-22)23(14-3-4-14)16-5-8-19-11-20-16/h5,8,11,14-15H,3-4,6-7,9-10H2,1-2H3. The average Bonchev–Trinajstić information content (AvgIpc) is 3.41. The van der Waals surface area contributed by atoms with Crippen molar-refractivity contribution in [2.75, 3.05) is 18.0 Å². The van der Waals surface area contributed by atoms with Crippen molar-refractivity contribution < 1.29 is 9.32 Å². The highest BCUT2D eigenvalue weighted by Crippen LogP contribution is 2.35. The van der Waals surface area contributed by atoms with E-state index in [4.69, 9.17) is 4.52 Å². The molecule has 2 aromatic heterocycles. The summed E-state index contributed by atoms with van der Waals surface area (Å²) < 4.78 is 5.14. The zero-order chi connectivity index (χ0) is 17.4. The van der Waals surface area contributed by atoms with Gasteiger partial charge < -0.3 is 14.3 Å². The van der Waals surface area contributed by atoms with Crippen molar-refractivity contribution in [2.45, 2.75) is 51.6 Å². The van der Waals surface area contributed by atoms with Crippen LogP contribution in [0.25, 0.3) is 0 Å². The predicted molar refractivity (Wildman–Crippen MR) is 92.4 cm³/mol. The van der Waals surface area contributed by atoms with Gasteiger partial charge in [-0.3, -0.25) is 4.79 Å². The lowest BCUT2D eigenvalue weighted by Crippen LogP contribution is -2.48. The van der Waals surface area contributed by atoms with Crippen molar-refractivity contribution in [3.05, 3.63) is 35.6 Å². The molecule has 0 spiro atoms. The topological polar surface area (TPSA) is 75.4 Å². The smallest absolute Gasteiger partial charge is 0.259 e. The SMILES string of the molecule is Cc1noc(C)c1C(=O)N1CCC(N(c2ccncn2)C2CC2)CC1. The molecule has 1 saturated carbocycles. The van der Waals surface area contributed by atoms with Gasteiger partial charge in [0.2, 0.25) is 0 Å². The maximum atomic E-state index is 12.8. The average molecular weight is 341 g/mol. The van der Waals surface area contributed by atoms with Gasteiger partial charge in [-0.05, 0) is 45.6 Å². The monoisotopic (exact) mass is 341 g/mol. The molecule has 3 heterocycles. The maximum absolute atomic E-state index is 12.8. The number of carbonyl (C=O) groups is 1. The molecule has 1 aliphatic heterocycles. The molecule has 2 aliphatic rings. The highest BCUT2D eigenvalue weighted by Gasteiger charge is 2.37. The summed E-state index contributed by atoms with van der Waals surface area (Å²) in [5, 5.41) is 3.90. The highest BCUT2D eigenvalue weighted by molar-refractivity contribution is 5.96. The molecular formula is C18H23N5O2. The molecule has 4 rings (SSSR count). The fraction of sp³-hybridized carbons (Fsp3) is 0.556. The second-order valence-corrected chi connectivity index (χ2v) is 6.93. The van der Waals surface area contributed by atoms with Crippen LogP contribution in [0.15, 0.2) is 23.1 Å². The zero-order valence-electron chi connectivity index (χ0n) is 14.7. The molecule has 0 N–H and O–H groups in total. The van der Waals surface area contributed by atoms with Gasteiger partial charge in [-0.25, -0.2) is 9.97 Å². The first-order valence-corrected chi connectivity index (χ1v) is 8.91. The number of amides is 1. The number of likely N-dealkylation sites (tertiary alicyclic amines) is 1. The Labute approximate surface area is 147 Å². The van der Waals surface area contributed by atoms with Crippen molar-refractivity contribution >= 4 is 11.7 Å². The summed E-state index contributed by atoms with van der Waals surface area (Å²) in [5.74, 6) is 1.65. The van der Waals surface area contributed by atoms with E-state index in [0.717, 1.165) is 31.7 Å². The van der Waals surface area contributed by atoms with Gasteiger partial charge in [0.15, 0.2) is 0 Å². The number of hydrogen-bond acceptors (Lipinski definition) is 6. The Bertz CT molecular complexity index is 729. The molecule has 0 bridgehead atoms. The Morgan fingerprint density at radius 1 is 1.20 bits per heavy atom. The molecule has 0 radical (unpaired) electrons. The Kier molecular flexibility index (Phi) is 4.15. The van der Waals surface area contributed by atoms with Crippen LogP contribution in [0.2, 0.25) is 0 Å². The second kappa shape index (κ2) is 6.46. The zero-order valence-corrected chi connectivity index (χ0v) is 14.7. The van der Waals surface area contributed by atoms with Crippen LogP contribution in [0.1, 0.15) is 47.5 Å². The highest BCUT2D eigenvalue weighted by atomic mass is 16.5. The first-order chi connectivity index (χ1) is 12.1. The van der Waals surface area contributed by atoms with Crippen LogP contribution in [0.3, 0.4) is 0 Å². The Balaban J connectivity index is 1.45. The Morgan fingerprint density at radius 3 is 2.48 bits per heavy atom. The first kappa shape index (κ1) is 16.1. The van der Waals surface area contributed by atoms with Crippen molar-refractivity contribution in [2.24, 2.45) is 0 Å². The third-order valence-electron chi connectivity index (χ3n) is 5.16. The molecule has 7 nitrogen and oxygen atoms in total. The van der Waals surface area contributed by atoms with Crippen LogP contribution in [-0.4, -0.2) is 51.1 Å². The number of hydrogen-bond donors (Lipinski definition) is 0. The molecule has 2 fully saturated rings. The molecule has 25 heavy (non-hydrogen) atoms. The van der Waals surface area contributed by atoms with Crippen LogP contribution in [0.4, 0.5) is 5.82 Å². The quantitative estimate of drug-likeness (QED) is 0.850. The van der Waals surface area contributed by atoms with Gasteiger partial charge in [0.05, 0.1) is 5.69 Å².